The van der Waals surface area contributed by atoms with E-state index in [-0.39, 0.29) is 17.3 Å². The molecule has 0 aliphatic rings. The highest BCUT2D eigenvalue weighted by Gasteiger charge is 2.19. The molecular formula is C14H24N2O3S. The van der Waals surface area contributed by atoms with Gasteiger partial charge in [0, 0.05) is 18.0 Å². The Morgan fingerprint density at radius 2 is 1.85 bits per heavy atom. The van der Waals surface area contributed by atoms with Crippen LogP contribution in [0.2, 0.25) is 0 Å². The third-order valence-electron chi connectivity index (χ3n) is 3.42. The van der Waals surface area contributed by atoms with Gasteiger partial charge in [-0.1, -0.05) is 20.8 Å². The van der Waals surface area contributed by atoms with Gasteiger partial charge in [0.15, 0.2) is 5.78 Å². The topological polar surface area (TPSA) is 69.0 Å². The van der Waals surface area contributed by atoms with Crippen LogP contribution in [0.25, 0.3) is 0 Å². The predicted molar refractivity (Wildman–Crippen MR) is 79.9 cm³/mol. The number of rotatable bonds is 8. The summed E-state index contributed by atoms with van der Waals surface area (Å²) in [5.74, 6) is 0.376. The first-order valence-corrected chi connectivity index (χ1v) is 8.98. The standard InChI is InChI=1S/C14H24N2O3S/c1-5-12-14(11(4)17)13(6-2)16(15-12)9-8-10-20(18,19)7-3/h5-10H2,1-4H3. The van der Waals surface area contributed by atoms with E-state index < -0.39 is 9.84 Å². The molecule has 0 spiro atoms. The molecule has 20 heavy (non-hydrogen) atoms. The van der Waals surface area contributed by atoms with Crippen LogP contribution < -0.4 is 0 Å². The van der Waals surface area contributed by atoms with Crippen LogP contribution in [0.15, 0.2) is 0 Å². The normalized spacial score (nSPS) is 11.8. The monoisotopic (exact) mass is 300 g/mol. The third-order valence-corrected chi connectivity index (χ3v) is 5.21. The number of carbonyl (C=O) groups is 1. The van der Waals surface area contributed by atoms with Crippen molar-refractivity contribution in [1.29, 1.82) is 0 Å². The van der Waals surface area contributed by atoms with Crippen LogP contribution in [0.3, 0.4) is 0 Å². The molecule has 1 rings (SSSR count). The van der Waals surface area contributed by atoms with Gasteiger partial charge in [-0.05, 0) is 26.2 Å². The van der Waals surface area contributed by atoms with Gasteiger partial charge in [-0.3, -0.25) is 9.48 Å². The zero-order chi connectivity index (χ0) is 15.3. The van der Waals surface area contributed by atoms with Crippen molar-refractivity contribution in [2.24, 2.45) is 0 Å². The van der Waals surface area contributed by atoms with Crippen molar-refractivity contribution >= 4 is 15.6 Å². The fraction of sp³-hybridized carbons (Fsp3) is 0.714. The lowest BCUT2D eigenvalue weighted by molar-refractivity contribution is 0.101. The number of ketones is 1. The Labute approximate surface area is 121 Å². The fourth-order valence-corrected chi connectivity index (χ4v) is 3.19. The van der Waals surface area contributed by atoms with Gasteiger partial charge in [0.25, 0.3) is 0 Å². The molecule has 0 saturated carbocycles. The van der Waals surface area contributed by atoms with Gasteiger partial charge < -0.3 is 0 Å². The number of hydrogen-bond donors (Lipinski definition) is 0. The first-order chi connectivity index (χ1) is 9.36. The molecule has 0 amide bonds. The highest BCUT2D eigenvalue weighted by Crippen LogP contribution is 2.17. The predicted octanol–water partition coefficient (Wildman–Crippen LogP) is 2.04. The maximum atomic E-state index is 11.7. The molecule has 0 aliphatic carbocycles. The van der Waals surface area contributed by atoms with Crippen LogP contribution >= 0.6 is 0 Å². The summed E-state index contributed by atoms with van der Waals surface area (Å²) < 4.78 is 24.8. The van der Waals surface area contributed by atoms with Crippen molar-refractivity contribution in [2.75, 3.05) is 11.5 Å². The largest absolute Gasteiger partial charge is 0.294 e. The molecule has 1 aromatic rings. The van der Waals surface area contributed by atoms with Crippen molar-refractivity contribution in [3.05, 3.63) is 17.0 Å². The molecule has 1 aromatic heterocycles. The Kier molecular flexibility index (Phi) is 5.92. The van der Waals surface area contributed by atoms with E-state index in [1.165, 1.54) is 0 Å². The van der Waals surface area contributed by atoms with Crippen LogP contribution in [0.5, 0.6) is 0 Å². The van der Waals surface area contributed by atoms with Crippen LogP contribution in [0, 0.1) is 0 Å². The van der Waals surface area contributed by atoms with E-state index in [2.05, 4.69) is 5.10 Å². The maximum absolute atomic E-state index is 11.7. The molecule has 0 radical (unpaired) electrons. The van der Waals surface area contributed by atoms with Crippen molar-refractivity contribution in [3.63, 3.8) is 0 Å². The van der Waals surface area contributed by atoms with Gasteiger partial charge in [-0.2, -0.15) is 5.10 Å². The molecule has 0 aliphatic heterocycles. The van der Waals surface area contributed by atoms with Crippen LogP contribution in [-0.4, -0.2) is 35.5 Å². The average Bonchev–Trinajstić information content (AvgIpc) is 2.76. The number of carbonyl (C=O) groups excluding carboxylic acids is 1. The van der Waals surface area contributed by atoms with E-state index in [0.717, 1.165) is 17.8 Å². The average molecular weight is 300 g/mol. The minimum atomic E-state index is -2.94. The molecule has 0 atom stereocenters. The molecule has 0 fully saturated rings. The van der Waals surface area contributed by atoms with Crippen molar-refractivity contribution in [3.8, 4) is 0 Å². The lowest BCUT2D eigenvalue weighted by Crippen LogP contribution is -2.13. The van der Waals surface area contributed by atoms with E-state index in [9.17, 15) is 13.2 Å². The van der Waals surface area contributed by atoms with Gasteiger partial charge >= 0.3 is 0 Å². The second kappa shape index (κ2) is 7.02. The molecule has 5 nitrogen and oxygen atoms in total. The number of Topliss-reactive ketones (excluding diaryl/α,β-unsaturated/α-hetero) is 1. The molecule has 114 valence electrons. The molecule has 0 bridgehead atoms. The molecule has 1 heterocycles. The number of sulfone groups is 1. The fourth-order valence-electron chi connectivity index (χ4n) is 2.33. The molecule has 0 unspecified atom stereocenters. The first kappa shape index (κ1) is 16.9. The van der Waals surface area contributed by atoms with Crippen LogP contribution in [0.1, 0.15) is 55.9 Å². The molecular weight excluding hydrogens is 276 g/mol. The summed E-state index contributed by atoms with van der Waals surface area (Å²) in [5, 5.41) is 4.47. The highest BCUT2D eigenvalue weighted by atomic mass is 32.2. The summed E-state index contributed by atoms with van der Waals surface area (Å²) in [6.45, 7) is 7.72. The van der Waals surface area contributed by atoms with Crippen LogP contribution in [0.4, 0.5) is 0 Å². The first-order valence-electron chi connectivity index (χ1n) is 7.16. The number of nitrogens with zero attached hydrogens (tertiary/aromatic N) is 2. The van der Waals surface area contributed by atoms with Gasteiger partial charge in [0.05, 0.1) is 17.0 Å². The summed E-state index contributed by atoms with van der Waals surface area (Å²) in [4.78, 5) is 11.7. The molecule has 6 heteroatoms. The van der Waals surface area contributed by atoms with Gasteiger partial charge in [0.1, 0.15) is 9.84 Å². The van der Waals surface area contributed by atoms with Crippen molar-refractivity contribution in [1.82, 2.24) is 9.78 Å². The summed E-state index contributed by atoms with van der Waals surface area (Å²) >= 11 is 0. The third kappa shape index (κ3) is 3.91. The van der Waals surface area contributed by atoms with Gasteiger partial charge in [-0.25, -0.2) is 8.42 Å². The quantitative estimate of drug-likeness (QED) is 0.689. The smallest absolute Gasteiger partial charge is 0.163 e. The van der Waals surface area contributed by atoms with E-state index in [1.54, 1.807) is 18.5 Å². The molecule has 0 aromatic carbocycles. The van der Waals surface area contributed by atoms with Gasteiger partial charge in [0.2, 0.25) is 0 Å². The van der Waals surface area contributed by atoms with Crippen molar-refractivity contribution in [2.45, 2.75) is 53.5 Å². The second-order valence-corrected chi connectivity index (χ2v) is 7.32. The van der Waals surface area contributed by atoms with Crippen molar-refractivity contribution < 1.29 is 13.2 Å². The Hall–Kier alpha value is -1.17. The number of hydrogen-bond acceptors (Lipinski definition) is 4. The number of aryl methyl sites for hydroxylation is 2. The van der Waals surface area contributed by atoms with E-state index >= 15 is 0 Å². The van der Waals surface area contributed by atoms with E-state index in [4.69, 9.17) is 0 Å². The second-order valence-electron chi connectivity index (χ2n) is 4.84. The van der Waals surface area contributed by atoms with Crippen LogP contribution in [-0.2, 0) is 29.2 Å². The number of aromatic nitrogens is 2. The Morgan fingerprint density at radius 3 is 2.30 bits per heavy atom. The van der Waals surface area contributed by atoms with E-state index in [1.807, 2.05) is 13.8 Å². The lowest BCUT2D eigenvalue weighted by Gasteiger charge is -2.07. The minimum absolute atomic E-state index is 0.0335. The zero-order valence-electron chi connectivity index (χ0n) is 12.8. The Balaban J connectivity index is 2.93. The SMILES string of the molecule is CCc1nn(CCCS(=O)(=O)CC)c(CC)c1C(C)=O. The molecule has 0 N–H and O–H groups in total. The van der Waals surface area contributed by atoms with E-state index in [0.29, 0.717) is 24.9 Å². The lowest BCUT2D eigenvalue weighted by atomic mass is 10.1. The summed E-state index contributed by atoms with van der Waals surface area (Å²) in [6, 6.07) is 0. The summed E-state index contributed by atoms with van der Waals surface area (Å²) in [5.41, 5.74) is 2.45. The Bertz CT molecular complexity index is 573. The molecule has 0 saturated heterocycles. The van der Waals surface area contributed by atoms with Gasteiger partial charge in [-0.15, -0.1) is 0 Å². The zero-order valence-corrected chi connectivity index (χ0v) is 13.6. The minimum Gasteiger partial charge on any atom is -0.294 e. The highest BCUT2D eigenvalue weighted by molar-refractivity contribution is 7.91. The summed E-state index contributed by atoms with van der Waals surface area (Å²) in [7, 11) is -2.94. The summed E-state index contributed by atoms with van der Waals surface area (Å²) in [6.07, 6.45) is 1.97. The Morgan fingerprint density at radius 1 is 1.20 bits per heavy atom. The maximum Gasteiger partial charge on any atom is 0.163 e.